The van der Waals surface area contributed by atoms with E-state index in [2.05, 4.69) is 110 Å². The number of pyridine rings is 1. The van der Waals surface area contributed by atoms with E-state index in [1.807, 2.05) is 42.5 Å². The smallest absolute Gasteiger partial charge is 0.216 e. The summed E-state index contributed by atoms with van der Waals surface area (Å²) >= 11 is 0. The zero-order valence-electron chi connectivity index (χ0n) is 22.9. The topological polar surface area (TPSA) is 40.8 Å². The second kappa shape index (κ2) is 9.93. The number of furan rings is 1. The number of hydrogen-bond acceptors (Lipinski definition) is 2. The molecule has 0 bridgehead atoms. The van der Waals surface area contributed by atoms with Crippen molar-refractivity contribution < 1.29 is 8.98 Å². The molecular formula is C38H27N2O+. The molecule has 0 fully saturated rings. The average molecular weight is 528 g/mol. The highest BCUT2D eigenvalue weighted by molar-refractivity contribution is 6.14. The Hall–Kier alpha value is -5.46. The van der Waals surface area contributed by atoms with Crippen molar-refractivity contribution in [1.29, 1.82) is 5.26 Å². The molecule has 0 saturated heterocycles. The van der Waals surface area contributed by atoms with Crippen LogP contribution in [-0.4, -0.2) is 0 Å². The van der Waals surface area contributed by atoms with Crippen LogP contribution in [0.1, 0.15) is 11.1 Å². The van der Waals surface area contributed by atoms with Crippen molar-refractivity contribution >= 4 is 21.9 Å². The van der Waals surface area contributed by atoms with E-state index in [0.717, 1.165) is 66.6 Å². The monoisotopic (exact) mass is 527 g/mol. The zero-order valence-corrected chi connectivity index (χ0v) is 22.9. The maximum atomic E-state index is 10.1. The predicted molar refractivity (Wildman–Crippen MR) is 166 cm³/mol. The van der Waals surface area contributed by atoms with Crippen LogP contribution in [0, 0.1) is 18.3 Å². The average Bonchev–Trinajstić information content (AvgIpc) is 3.40. The molecule has 7 aromatic rings. The Morgan fingerprint density at radius 2 is 1.20 bits per heavy atom. The summed E-state index contributed by atoms with van der Waals surface area (Å²) in [6.07, 6.45) is 2.17. The lowest BCUT2D eigenvalue weighted by Crippen LogP contribution is -2.30. The summed E-state index contributed by atoms with van der Waals surface area (Å²) in [4.78, 5) is 0. The van der Waals surface area contributed by atoms with Gasteiger partial charge in [0, 0.05) is 28.0 Å². The Morgan fingerprint density at radius 1 is 0.585 bits per heavy atom. The first-order chi connectivity index (χ1) is 20.1. The maximum absolute atomic E-state index is 10.1. The quantitative estimate of drug-likeness (QED) is 0.214. The molecule has 0 aliphatic heterocycles. The van der Waals surface area contributed by atoms with E-state index >= 15 is 0 Å². The SMILES string of the molecule is Cc1ccc2c(oc3c(-c4cccc(-c5ccccc5)c4)c(C#N)ccc32)c1-c1ccc(-c2ccccc2)c[n+]1C. The van der Waals surface area contributed by atoms with Gasteiger partial charge >= 0.3 is 0 Å². The fourth-order valence-corrected chi connectivity index (χ4v) is 5.85. The fraction of sp³-hybridized carbons (Fsp3) is 0.0526. The van der Waals surface area contributed by atoms with Crippen LogP contribution in [-0.2, 0) is 7.05 Å². The molecule has 0 N–H and O–H groups in total. The highest BCUT2D eigenvalue weighted by Crippen LogP contribution is 2.42. The van der Waals surface area contributed by atoms with Crippen LogP contribution in [0.3, 0.4) is 0 Å². The molecule has 0 aliphatic rings. The fourth-order valence-electron chi connectivity index (χ4n) is 5.85. The van der Waals surface area contributed by atoms with Gasteiger partial charge in [0.2, 0.25) is 5.69 Å². The number of aromatic nitrogens is 1. The summed E-state index contributed by atoms with van der Waals surface area (Å²) in [6.45, 7) is 2.12. The Kier molecular flexibility index (Phi) is 5.95. The van der Waals surface area contributed by atoms with Crippen molar-refractivity contribution in [3.8, 4) is 50.7 Å². The summed E-state index contributed by atoms with van der Waals surface area (Å²) in [5, 5.41) is 12.2. The number of nitriles is 1. The molecule has 5 aromatic carbocycles. The highest BCUT2D eigenvalue weighted by atomic mass is 16.3. The summed E-state index contributed by atoms with van der Waals surface area (Å²) in [6, 6.07) is 44.0. The Bertz CT molecular complexity index is 2120. The van der Waals surface area contributed by atoms with Gasteiger partial charge in [0.15, 0.2) is 6.20 Å². The van der Waals surface area contributed by atoms with Gasteiger partial charge in [0.05, 0.1) is 17.2 Å². The van der Waals surface area contributed by atoms with E-state index in [1.54, 1.807) is 0 Å². The van der Waals surface area contributed by atoms with Crippen molar-refractivity contribution in [3.63, 3.8) is 0 Å². The lowest BCUT2D eigenvalue weighted by atomic mass is 9.94. The minimum absolute atomic E-state index is 0.595. The first-order valence-electron chi connectivity index (χ1n) is 13.7. The van der Waals surface area contributed by atoms with Gasteiger partial charge < -0.3 is 4.42 Å². The molecule has 41 heavy (non-hydrogen) atoms. The van der Waals surface area contributed by atoms with Gasteiger partial charge in [-0.3, -0.25) is 0 Å². The van der Waals surface area contributed by atoms with E-state index in [1.165, 1.54) is 5.56 Å². The van der Waals surface area contributed by atoms with Gasteiger partial charge in [-0.05, 0) is 59.0 Å². The normalized spacial score (nSPS) is 11.1. The lowest BCUT2D eigenvalue weighted by Gasteiger charge is -2.08. The van der Waals surface area contributed by atoms with E-state index in [4.69, 9.17) is 4.42 Å². The minimum Gasteiger partial charge on any atom is -0.454 e. The first-order valence-corrected chi connectivity index (χ1v) is 13.7. The third kappa shape index (κ3) is 4.18. The molecule has 3 heteroatoms. The number of hydrogen-bond donors (Lipinski definition) is 0. The molecule has 3 nitrogen and oxygen atoms in total. The van der Waals surface area contributed by atoms with Crippen LogP contribution < -0.4 is 4.57 Å². The van der Waals surface area contributed by atoms with Crippen molar-refractivity contribution in [2.24, 2.45) is 7.05 Å². The van der Waals surface area contributed by atoms with E-state index in [-0.39, 0.29) is 0 Å². The van der Waals surface area contributed by atoms with E-state index in [9.17, 15) is 5.26 Å². The van der Waals surface area contributed by atoms with Crippen LogP contribution in [0.4, 0.5) is 0 Å². The third-order valence-corrected chi connectivity index (χ3v) is 7.89. The number of nitrogens with zero attached hydrogens (tertiary/aromatic N) is 2. The van der Waals surface area contributed by atoms with Crippen molar-refractivity contribution in [1.82, 2.24) is 0 Å². The summed E-state index contributed by atoms with van der Waals surface area (Å²) in [5.74, 6) is 0. The minimum atomic E-state index is 0.595. The van der Waals surface area contributed by atoms with Crippen LogP contribution in [0.25, 0.3) is 66.6 Å². The second-order valence-corrected chi connectivity index (χ2v) is 10.4. The van der Waals surface area contributed by atoms with Crippen LogP contribution >= 0.6 is 0 Å². The molecule has 0 spiro atoms. The molecule has 0 aliphatic carbocycles. The molecule has 0 unspecified atom stereocenters. The largest absolute Gasteiger partial charge is 0.454 e. The van der Waals surface area contributed by atoms with E-state index < -0.39 is 0 Å². The molecular weight excluding hydrogens is 500 g/mol. The molecule has 2 aromatic heterocycles. The van der Waals surface area contributed by atoms with Gasteiger partial charge in [-0.15, -0.1) is 0 Å². The summed E-state index contributed by atoms with van der Waals surface area (Å²) < 4.78 is 8.97. The van der Waals surface area contributed by atoms with E-state index in [0.29, 0.717) is 5.56 Å². The maximum Gasteiger partial charge on any atom is 0.216 e. The molecule has 0 atom stereocenters. The number of rotatable bonds is 4. The molecule has 7 rings (SSSR count). The summed E-state index contributed by atoms with van der Waals surface area (Å²) in [5.41, 5.74) is 11.8. The van der Waals surface area contributed by atoms with Crippen LogP contribution in [0.5, 0.6) is 0 Å². The van der Waals surface area contributed by atoms with Crippen LogP contribution in [0.2, 0.25) is 0 Å². The molecule has 0 radical (unpaired) electrons. The lowest BCUT2D eigenvalue weighted by molar-refractivity contribution is -0.659. The van der Waals surface area contributed by atoms with Crippen molar-refractivity contribution in [3.05, 3.63) is 139 Å². The van der Waals surface area contributed by atoms with Gasteiger partial charge in [-0.2, -0.15) is 5.26 Å². The van der Waals surface area contributed by atoms with Gasteiger partial charge in [-0.1, -0.05) is 91.0 Å². The van der Waals surface area contributed by atoms with Crippen LogP contribution in [0.15, 0.2) is 132 Å². The second-order valence-electron chi connectivity index (χ2n) is 10.4. The number of benzene rings is 5. The first kappa shape index (κ1) is 24.6. The number of aryl methyl sites for hydroxylation is 2. The molecule has 194 valence electrons. The molecule has 0 amide bonds. The summed E-state index contributed by atoms with van der Waals surface area (Å²) in [7, 11) is 2.08. The standard InChI is InChI=1S/C38H27N2O/c1-25-16-19-32-33-20-17-30(23-39)36(29-15-9-14-28(22-29)26-10-5-3-6-11-26)38(33)41-37(32)35(25)34-21-18-31(24-40(34)2)27-12-7-4-8-13-27/h3-22,24H,1-2H3/q+1. The van der Waals surface area contributed by atoms with Crippen molar-refractivity contribution in [2.75, 3.05) is 0 Å². The molecule has 0 saturated carbocycles. The van der Waals surface area contributed by atoms with Gasteiger partial charge in [0.1, 0.15) is 18.2 Å². The molecule has 2 heterocycles. The van der Waals surface area contributed by atoms with Crippen molar-refractivity contribution in [2.45, 2.75) is 6.92 Å². The zero-order chi connectivity index (χ0) is 27.9. The van der Waals surface area contributed by atoms with Gasteiger partial charge in [-0.25, -0.2) is 4.57 Å². The highest BCUT2D eigenvalue weighted by Gasteiger charge is 2.23. The van der Waals surface area contributed by atoms with Gasteiger partial charge in [0.25, 0.3) is 0 Å². The Balaban J connectivity index is 1.45. The number of fused-ring (bicyclic) bond motifs is 3. The Labute approximate surface area is 239 Å². The third-order valence-electron chi connectivity index (χ3n) is 7.89. The predicted octanol–water partition coefficient (Wildman–Crippen LogP) is 9.26. The Morgan fingerprint density at radius 3 is 1.88 bits per heavy atom.